The number of nitrogens with zero attached hydrogens (tertiary/aromatic N) is 10. The van der Waals surface area contributed by atoms with Gasteiger partial charge < -0.3 is 19.7 Å². The zero-order valence-electron chi connectivity index (χ0n) is 37.4. The van der Waals surface area contributed by atoms with E-state index in [1.807, 2.05) is 6.92 Å². The molecule has 0 aromatic heterocycles. The number of fused-ring (bicyclic) bond motifs is 1. The molecule has 7 aromatic carbocycles. The third-order valence-electron chi connectivity index (χ3n) is 10.1. The van der Waals surface area contributed by atoms with Crippen LogP contribution >= 0.6 is 0 Å². The molecule has 0 radical (unpaired) electrons. The summed E-state index contributed by atoms with van der Waals surface area (Å²) in [5.41, 5.74) is 3.06. The predicted octanol–water partition coefficient (Wildman–Crippen LogP) is 13.0. The number of ether oxygens (including phenoxy) is 2. The largest absolute Gasteiger partial charge is 0.508 e. The Labute approximate surface area is 404 Å². The maximum Gasteiger partial charge on any atom is 0.296 e. The van der Waals surface area contributed by atoms with Crippen LogP contribution in [0.4, 0.5) is 56.9 Å². The van der Waals surface area contributed by atoms with E-state index in [0.29, 0.717) is 57.7 Å². The second-order valence-corrected chi connectivity index (χ2v) is 19.1. The molecule has 23 nitrogen and oxygen atoms in total. The Hall–Kier alpha value is -8.27. The van der Waals surface area contributed by atoms with Crippen molar-refractivity contribution in [2.24, 2.45) is 51.1 Å². The maximum atomic E-state index is 12.6. The number of hydrogen-bond donors (Lipinski definition) is 5. The molecule has 0 aliphatic rings. The molecule has 5 N–H and O–H groups in total. The number of methoxy groups -OCH3 is 2. The molecule has 26 heteroatoms. The van der Waals surface area contributed by atoms with Crippen molar-refractivity contribution in [3.05, 3.63) is 126 Å². The second kappa shape index (κ2) is 20.8. The normalized spacial score (nSPS) is 12.7. The van der Waals surface area contributed by atoms with Gasteiger partial charge in [0.15, 0.2) is 5.75 Å². The molecule has 0 amide bonds. The number of phenols is 2. The van der Waals surface area contributed by atoms with Gasteiger partial charge in [0.05, 0.1) is 53.2 Å². The summed E-state index contributed by atoms with van der Waals surface area (Å²) in [6.07, 6.45) is 0.447. The molecule has 0 unspecified atom stereocenters. The molecule has 0 saturated heterocycles. The highest BCUT2D eigenvalue weighted by Crippen LogP contribution is 2.45. The first kappa shape index (κ1) is 50.6. The Kier molecular flexibility index (Phi) is 14.8. The van der Waals surface area contributed by atoms with Crippen molar-refractivity contribution in [3.8, 4) is 23.0 Å². The lowest BCUT2D eigenvalue weighted by Gasteiger charge is -2.11. The molecule has 0 fully saturated rings. The number of aryl methyl sites for hydroxylation is 2. The number of hydrogen-bond acceptors (Lipinski definition) is 20. The molecule has 364 valence electrons. The van der Waals surface area contributed by atoms with E-state index in [2.05, 4.69) is 51.1 Å². The standard InChI is InChI=1S/C45H38N10O13S3/c1-5-26-19-31(10-16-36(26)51-52-37-17-13-33(69(58,59)60)22-42(37)70(61,62)63)49-50-35-15-9-29(18-25(35)2)48-53-38-23-41(68-4)39(24-40(38)67-3)54-55-44-43(71(64,65)66)21-27-20-30(8-14-34(27)45(44)57)47-46-28-6-11-32(56)12-7-28/h6-24,56-57H,5H2,1-4H3,(H,58,59,60)(H,61,62,63)(H,64,65,66). The molecule has 71 heavy (non-hydrogen) atoms. The fourth-order valence-electron chi connectivity index (χ4n) is 6.56. The first-order valence-electron chi connectivity index (χ1n) is 20.4. The molecule has 0 saturated carbocycles. The van der Waals surface area contributed by atoms with Crippen molar-refractivity contribution in [2.45, 2.75) is 35.0 Å². The van der Waals surface area contributed by atoms with Crippen LogP contribution < -0.4 is 9.47 Å². The molecule has 7 aromatic rings. The summed E-state index contributed by atoms with van der Waals surface area (Å²) in [5, 5.41) is 62.8. The Morgan fingerprint density at radius 1 is 0.465 bits per heavy atom. The van der Waals surface area contributed by atoms with Crippen LogP contribution in [0, 0.1) is 6.92 Å². The maximum absolute atomic E-state index is 12.6. The zero-order valence-corrected chi connectivity index (χ0v) is 39.8. The molecular weight excluding hydrogens is 985 g/mol. The lowest BCUT2D eigenvalue weighted by molar-refractivity contribution is 0.405. The minimum atomic E-state index is -4.96. The molecule has 7 rings (SSSR count). The van der Waals surface area contributed by atoms with Crippen molar-refractivity contribution in [2.75, 3.05) is 14.2 Å². The van der Waals surface area contributed by atoms with E-state index in [0.717, 1.165) is 18.2 Å². The Morgan fingerprint density at radius 3 is 1.55 bits per heavy atom. The van der Waals surface area contributed by atoms with E-state index in [1.54, 1.807) is 43.3 Å². The van der Waals surface area contributed by atoms with Crippen LogP contribution in [-0.2, 0) is 36.8 Å². The van der Waals surface area contributed by atoms with Crippen molar-refractivity contribution < 1.29 is 58.6 Å². The number of phenolic OH excluding ortho intramolecular Hbond substituents is 2. The van der Waals surface area contributed by atoms with Gasteiger partial charge in [-0.25, -0.2) is 0 Å². The molecule has 0 bridgehead atoms. The van der Waals surface area contributed by atoms with Crippen molar-refractivity contribution in [1.29, 1.82) is 0 Å². The molecular formula is C45H38N10O13S3. The SMILES string of the molecule is CCc1cc(N=Nc2ccc(N=Nc3cc(OC)c(N=Nc4c(S(=O)(=O)O)cc5cc(N=Nc6ccc(O)cc6)ccc5c4O)cc3OC)cc2C)ccc1N=Nc1ccc(S(=O)(=O)O)cc1S(=O)(=O)O. The van der Waals surface area contributed by atoms with Crippen LogP contribution in [0.3, 0.4) is 0 Å². The van der Waals surface area contributed by atoms with Gasteiger partial charge in [-0.05, 0) is 133 Å². The fourth-order valence-corrected chi connectivity index (χ4v) is 8.45. The first-order valence-corrected chi connectivity index (χ1v) is 24.7. The van der Waals surface area contributed by atoms with Gasteiger partial charge in [-0.1, -0.05) is 6.92 Å². The van der Waals surface area contributed by atoms with E-state index in [4.69, 9.17) is 9.47 Å². The second-order valence-electron chi connectivity index (χ2n) is 14.9. The topological polar surface area (TPSA) is 346 Å². The molecule has 0 heterocycles. The monoisotopic (exact) mass is 1020 g/mol. The zero-order chi connectivity index (χ0) is 51.3. The smallest absolute Gasteiger partial charge is 0.296 e. The van der Waals surface area contributed by atoms with Gasteiger partial charge in [0.25, 0.3) is 30.4 Å². The average molecular weight is 1020 g/mol. The van der Waals surface area contributed by atoms with Gasteiger partial charge in [-0.2, -0.15) is 55.9 Å². The quantitative estimate of drug-likeness (QED) is 0.0444. The van der Waals surface area contributed by atoms with Crippen molar-refractivity contribution in [3.63, 3.8) is 0 Å². The van der Waals surface area contributed by atoms with Crippen LogP contribution in [0.25, 0.3) is 10.8 Å². The highest BCUT2D eigenvalue weighted by Gasteiger charge is 2.24. The Bertz CT molecular complexity index is 3740. The van der Waals surface area contributed by atoms with E-state index in [1.165, 1.54) is 68.8 Å². The van der Waals surface area contributed by atoms with E-state index in [9.17, 15) is 49.1 Å². The Balaban J connectivity index is 1.09. The van der Waals surface area contributed by atoms with Crippen LogP contribution in [0.1, 0.15) is 18.1 Å². The van der Waals surface area contributed by atoms with Gasteiger partial charge in [0, 0.05) is 17.5 Å². The number of aromatic hydroxyl groups is 2. The molecule has 0 atom stereocenters. The fraction of sp³-hybridized carbons (Fsp3) is 0.111. The van der Waals surface area contributed by atoms with E-state index < -0.39 is 56.5 Å². The predicted molar refractivity (Wildman–Crippen MR) is 257 cm³/mol. The van der Waals surface area contributed by atoms with E-state index in [-0.39, 0.29) is 45.1 Å². The number of benzene rings is 7. The van der Waals surface area contributed by atoms with Crippen LogP contribution in [0.15, 0.2) is 181 Å². The van der Waals surface area contributed by atoms with Crippen LogP contribution in [0.5, 0.6) is 23.0 Å². The summed E-state index contributed by atoms with van der Waals surface area (Å²) in [5.74, 6) is -0.284. The summed E-state index contributed by atoms with van der Waals surface area (Å²) < 4.78 is 112. The summed E-state index contributed by atoms with van der Waals surface area (Å²) in [6.45, 7) is 3.62. The Morgan fingerprint density at radius 2 is 0.958 bits per heavy atom. The van der Waals surface area contributed by atoms with Gasteiger partial charge >= 0.3 is 0 Å². The van der Waals surface area contributed by atoms with Gasteiger partial charge in [0.2, 0.25) is 0 Å². The minimum absolute atomic E-state index is 0.0327. The lowest BCUT2D eigenvalue weighted by atomic mass is 10.1. The minimum Gasteiger partial charge on any atom is -0.508 e. The van der Waals surface area contributed by atoms with Crippen LogP contribution in [0.2, 0.25) is 0 Å². The number of azo groups is 5. The third-order valence-corrected chi connectivity index (χ3v) is 12.7. The highest BCUT2D eigenvalue weighted by molar-refractivity contribution is 7.87. The summed E-state index contributed by atoms with van der Waals surface area (Å²) in [6, 6.07) is 26.7. The van der Waals surface area contributed by atoms with Gasteiger partial charge in [0.1, 0.15) is 49.8 Å². The average Bonchev–Trinajstić information content (AvgIpc) is 3.33. The molecule has 0 aliphatic carbocycles. The van der Waals surface area contributed by atoms with E-state index >= 15 is 0 Å². The van der Waals surface area contributed by atoms with Crippen LogP contribution in [-0.4, -0.2) is 63.3 Å². The summed E-state index contributed by atoms with van der Waals surface area (Å²) in [4.78, 5) is -2.37. The summed E-state index contributed by atoms with van der Waals surface area (Å²) in [7, 11) is -12.0. The first-order chi connectivity index (χ1) is 33.6. The third kappa shape index (κ3) is 12.1. The highest BCUT2D eigenvalue weighted by atomic mass is 32.2. The number of rotatable bonds is 16. The summed E-state index contributed by atoms with van der Waals surface area (Å²) >= 11 is 0. The van der Waals surface area contributed by atoms with Gasteiger partial charge in [-0.15, -0.1) is 20.5 Å². The van der Waals surface area contributed by atoms with Gasteiger partial charge in [-0.3, -0.25) is 13.7 Å². The lowest BCUT2D eigenvalue weighted by Crippen LogP contribution is -2.03. The van der Waals surface area contributed by atoms with Crippen molar-refractivity contribution in [1.82, 2.24) is 0 Å². The van der Waals surface area contributed by atoms with Crippen molar-refractivity contribution >= 4 is 98.0 Å². The molecule has 0 aliphatic heterocycles. The molecule has 0 spiro atoms.